The highest BCUT2D eigenvalue weighted by Crippen LogP contribution is 2.43. The second kappa shape index (κ2) is 12.9. The van der Waals surface area contributed by atoms with Gasteiger partial charge in [-0.25, -0.2) is 4.79 Å². The Morgan fingerprint density at radius 1 is 0.950 bits per heavy atom. The Labute approximate surface area is 230 Å². The third-order valence-corrected chi connectivity index (χ3v) is 6.53. The van der Waals surface area contributed by atoms with Crippen LogP contribution in [0, 0.1) is 6.92 Å². The maximum atomic E-state index is 12.9. The van der Waals surface area contributed by atoms with E-state index in [2.05, 4.69) is 4.98 Å². The molecule has 1 aliphatic rings. The average Bonchev–Trinajstić information content (AvgIpc) is 3.21. The van der Waals surface area contributed by atoms with Crippen LogP contribution in [0.15, 0.2) is 76.4 Å². The van der Waals surface area contributed by atoms with Crippen molar-refractivity contribution in [2.75, 3.05) is 13.2 Å². The number of aromatic nitrogens is 2. The molecule has 212 valence electrons. The fourth-order valence-electron chi connectivity index (χ4n) is 4.54. The Morgan fingerprint density at radius 3 is 2.17 bits per heavy atom. The third kappa shape index (κ3) is 6.74. The van der Waals surface area contributed by atoms with Crippen molar-refractivity contribution < 1.29 is 33.3 Å². The summed E-state index contributed by atoms with van der Waals surface area (Å²) in [5.41, 5.74) is -0.958. The van der Waals surface area contributed by atoms with E-state index in [-0.39, 0.29) is 32.0 Å². The number of nitrogens with zero attached hydrogens (tertiary/aromatic N) is 1. The zero-order valence-corrected chi connectivity index (χ0v) is 22.5. The number of ether oxygens (including phenoxy) is 5. The minimum absolute atomic E-state index is 0.0463. The van der Waals surface area contributed by atoms with Crippen LogP contribution in [0.5, 0.6) is 0 Å². The SMILES string of the molecule is CC(=O)OC[C@]1(OCc2ccccc2)[C@H](OC(C)=O)[C@@H](n2cc(C)c(=O)[nH]c2=O)O[C@@H]1COCc1ccccc1. The molecule has 2 heterocycles. The van der Waals surface area contributed by atoms with Crippen LogP contribution in [0.2, 0.25) is 0 Å². The van der Waals surface area contributed by atoms with E-state index in [0.29, 0.717) is 0 Å². The molecule has 1 aliphatic heterocycles. The van der Waals surface area contributed by atoms with Gasteiger partial charge < -0.3 is 23.7 Å². The first kappa shape index (κ1) is 28.9. The number of aryl methyl sites for hydroxylation is 1. The van der Waals surface area contributed by atoms with Gasteiger partial charge >= 0.3 is 17.6 Å². The number of H-pyrrole nitrogens is 1. The number of carbonyl (C=O) groups is 2. The van der Waals surface area contributed by atoms with Gasteiger partial charge in [0.05, 0.1) is 19.8 Å². The van der Waals surface area contributed by atoms with Gasteiger partial charge in [0.2, 0.25) is 0 Å². The molecular weight excluding hydrogens is 520 g/mol. The highest BCUT2D eigenvalue weighted by atomic mass is 16.7. The van der Waals surface area contributed by atoms with Crippen molar-refractivity contribution in [1.82, 2.24) is 9.55 Å². The number of aromatic amines is 1. The van der Waals surface area contributed by atoms with Crippen LogP contribution in [0.3, 0.4) is 0 Å². The second-order valence-corrected chi connectivity index (χ2v) is 9.53. The lowest BCUT2D eigenvalue weighted by atomic mass is 9.92. The Morgan fingerprint density at radius 2 is 1.57 bits per heavy atom. The van der Waals surface area contributed by atoms with Gasteiger partial charge in [0.1, 0.15) is 12.7 Å². The van der Waals surface area contributed by atoms with E-state index in [4.69, 9.17) is 23.7 Å². The molecule has 1 saturated heterocycles. The Bertz CT molecular complexity index is 1420. The molecule has 4 atom stereocenters. The lowest BCUT2D eigenvalue weighted by Crippen LogP contribution is -2.57. The molecule has 1 aromatic heterocycles. The van der Waals surface area contributed by atoms with Crippen LogP contribution in [-0.4, -0.2) is 52.5 Å². The highest BCUT2D eigenvalue weighted by Gasteiger charge is 2.62. The van der Waals surface area contributed by atoms with E-state index in [1.807, 2.05) is 60.7 Å². The summed E-state index contributed by atoms with van der Waals surface area (Å²) in [6.07, 6.45) is -2.14. The normalized spacial score (nSPS) is 22.1. The summed E-state index contributed by atoms with van der Waals surface area (Å²) in [7, 11) is 0. The monoisotopic (exact) mass is 552 g/mol. The van der Waals surface area contributed by atoms with Crippen LogP contribution in [0.25, 0.3) is 0 Å². The summed E-state index contributed by atoms with van der Waals surface area (Å²) in [6.45, 7) is 3.86. The first-order chi connectivity index (χ1) is 19.2. The first-order valence-electron chi connectivity index (χ1n) is 12.8. The molecule has 2 aromatic carbocycles. The molecule has 40 heavy (non-hydrogen) atoms. The van der Waals surface area contributed by atoms with Crippen LogP contribution < -0.4 is 11.2 Å². The van der Waals surface area contributed by atoms with Crippen molar-refractivity contribution in [3.05, 3.63) is 104 Å². The molecule has 11 heteroatoms. The van der Waals surface area contributed by atoms with Crippen LogP contribution in [0.4, 0.5) is 0 Å². The molecule has 0 radical (unpaired) electrons. The molecule has 1 N–H and O–H groups in total. The minimum Gasteiger partial charge on any atom is -0.463 e. The van der Waals surface area contributed by atoms with E-state index in [1.165, 1.54) is 27.0 Å². The van der Waals surface area contributed by atoms with Gasteiger partial charge in [0.25, 0.3) is 5.56 Å². The molecule has 0 bridgehead atoms. The fraction of sp³-hybridized carbons (Fsp3) is 0.379. The van der Waals surface area contributed by atoms with Gasteiger partial charge in [-0.1, -0.05) is 60.7 Å². The maximum absolute atomic E-state index is 12.9. The molecular formula is C29H32N2O9. The molecule has 0 aliphatic carbocycles. The van der Waals surface area contributed by atoms with Crippen molar-refractivity contribution in [1.29, 1.82) is 0 Å². The zero-order valence-electron chi connectivity index (χ0n) is 22.5. The van der Waals surface area contributed by atoms with Gasteiger partial charge in [0, 0.05) is 25.6 Å². The summed E-state index contributed by atoms with van der Waals surface area (Å²) < 4.78 is 31.1. The van der Waals surface area contributed by atoms with Crippen LogP contribution in [-0.2, 0) is 46.5 Å². The average molecular weight is 553 g/mol. The Kier molecular flexibility index (Phi) is 9.30. The largest absolute Gasteiger partial charge is 0.463 e. The van der Waals surface area contributed by atoms with Crippen molar-refractivity contribution in [3.63, 3.8) is 0 Å². The lowest BCUT2D eigenvalue weighted by Gasteiger charge is -2.37. The van der Waals surface area contributed by atoms with Crippen LogP contribution >= 0.6 is 0 Å². The lowest BCUT2D eigenvalue weighted by molar-refractivity contribution is -0.197. The number of esters is 2. The summed E-state index contributed by atoms with van der Waals surface area (Å²) in [5, 5.41) is 0. The molecule has 1 fully saturated rings. The number of carbonyl (C=O) groups excluding carboxylic acids is 2. The molecule has 0 unspecified atom stereocenters. The number of nitrogens with one attached hydrogen (secondary N) is 1. The summed E-state index contributed by atoms with van der Waals surface area (Å²) in [6, 6.07) is 18.7. The van der Waals surface area contributed by atoms with E-state index in [0.717, 1.165) is 15.7 Å². The van der Waals surface area contributed by atoms with E-state index in [1.54, 1.807) is 0 Å². The summed E-state index contributed by atoms with van der Waals surface area (Å²) >= 11 is 0. The van der Waals surface area contributed by atoms with Crippen molar-refractivity contribution in [2.24, 2.45) is 0 Å². The Balaban J connectivity index is 1.77. The predicted molar refractivity (Wildman–Crippen MR) is 142 cm³/mol. The number of hydrogen-bond donors (Lipinski definition) is 1. The van der Waals surface area contributed by atoms with E-state index >= 15 is 0 Å². The second-order valence-electron chi connectivity index (χ2n) is 9.53. The standard InChI is InChI=1S/C29H32N2O9/c1-19-14-31(28(35)30-26(19)34)27-25(39-21(3)33)29(18-37-20(2)32,38-16-23-12-8-5-9-13-23)24(40-27)17-36-15-22-10-6-4-7-11-22/h4-14,24-25,27H,15-18H2,1-3H3,(H,30,34,35)/t24-,25-,27+,29-/m1/s1. The van der Waals surface area contributed by atoms with Crippen molar-refractivity contribution >= 4 is 11.9 Å². The highest BCUT2D eigenvalue weighted by molar-refractivity contribution is 5.67. The van der Waals surface area contributed by atoms with Gasteiger partial charge in [0.15, 0.2) is 17.9 Å². The number of benzene rings is 2. The topological polar surface area (TPSA) is 135 Å². The number of rotatable bonds is 11. The van der Waals surface area contributed by atoms with E-state index < -0.39 is 47.2 Å². The molecule has 3 aromatic rings. The van der Waals surface area contributed by atoms with Crippen molar-refractivity contribution in [3.8, 4) is 0 Å². The van der Waals surface area contributed by atoms with E-state index in [9.17, 15) is 19.2 Å². The molecule has 0 saturated carbocycles. The third-order valence-electron chi connectivity index (χ3n) is 6.53. The summed E-state index contributed by atoms with van der Waals surface area (Å²) in [5.74, 6) is -1.26. The van der Waals surface area contributed by atoms with Gasteiger partial charge in [-0.3, -0.25) is 23.9 Å². The minimum atomic E-state index is -1.59. The Hall–Kier alpha value is -4.06. The number of hydrogen-bond acceptors (Lipinski definition) is 9. The van der Waals surface area contributed by atoms with Crippen molar-refractivity contribution in [2.45, 2.75) is 58.0 Å². The zero-order chi connectivity index (χ0) is 28.7. The molecule has 11 nitrogen and oxygen atoms in total. The maximum Gasteiger partial charge on any atom is 0.330 e. The van der Waals surface area contributed by atoms with Gasteiger partial charge in [-0.2, -0.15) is 0 Å². The fourth-order valence-corrected chi connectivity index (χ4v) is 4.54. The van der Waals surface area contributed by atoms with Gasteiger partial charge in [-0.15, -0.1) is 0 Å². The molecule has 0 amide bonds. The van der Waals surface area contributed by atoms with Gasteiger partial charge in [-0.05, 0) is 18.1 Å². The summed E-state index contributed by atoms with van der Waals surface area (Å²) in [4.78, 5) is 51.6. The quantitative estimate of drug-likeness (QED) is 0.356. The molecule has 4 rings (SSSR count). The first-order valence-corrected chi connectivity index (χ1v) is 12.8. The molecule has 0 spiro atoms. The van der Waals surface area contributed by atoms with Crippen LogP contribution in [0.1, 0.15) is 36.8 Å². The predicted octanol–water partition coefficient (Wildman–Crippen LogP) is 2.41. The smallest absolute Gasteiger partial charge is 0.330 e.